The highest BCUT2D eigenvalue weighted by Crippen LogP contribution is 2.45. The van der Waals surface area contributed by atoms with Crippen molar-refractivity contribution in [3.05, 3.63) is 182 Å². The van der Waals surface area contributed by atoms with Crippen LogP contribution in [-0.4, -0.2) is 42.2 Å². The lowest BCUT2D eigenvalue weighted by Gasteiger charge is -2.32. The molecule has 0 aliphatic carbocycles. The van der Waals surface area contributed by atoms with Crippen molar-refractivity contribution in [2.45, 2.75) is 36.9 Å². The third-order valence-electron chi connectivity index (χ3n) is 8.97. The second kappa shape index (κ2) is 17.0. The van der Waals surface area contributed by atoms with Crippen LogP contribution in [-0.2, 0) is 22.5 Å². The predicted octanol–water partition coefficient (Wildman–Crippen LogP) is 8.47. The van der Waals surface area contributed by atoms with Crippen molar-refractivity contribution in [2.24, 2.45) is 10.1 Å². The number of carbonyl (C=O) groups excluding carboxylic acids is 1. The summed E-state index contributed by atoms with van der Waals surface area (Å²) >= 11 is 3.73. The smallest absolute Gasteiger partial charge is 0.252 e. The number of hydrogen-bond donors (Lipinski definition) is 2. The molecule has 0 saturated carbocycles. The molecule has 1 aliphatic heterocycles. The number of benzene rings is 5. The number of nitrogens with one attached hydrogen (secondary N) is 1. The molecule has 10 heteroatoms. The number of aliphatic hydroxyl groups is 1. The standard InChI is InChI=1S/C41H38BrN5O4/c42-37-19-10-9-18-35(37)38-41(26-32-16-7-8-17-33(32)27-45-47-43,46-39(51-38)31-20-22-34(23-21-31)50-25-11-24-48)40(49)44-28-36(29-12-3-1-4-13-29)30-14-5-2-6-15-30/h1-10,12-23,36,38,48H,11,24-28H2,(H,44,49)/t38-,41-/m1/s1. The average molecular weight is 745 g/mol. The second-order valence-electron chi connectivity index (χ2n) is 12.2. The van der Waals surface area contributed by atoms with Gasteiger partial charge in [0.15, 0.2) is 11.6 Å². The van der Waals surface area contributed by atoms with Crippen LogP contribution in [0.2, 0.25) is 0 Å². The van der Waals surface area contributed by atoms with Crippen LogP contribution < -0.4 is 10.1 Å². The first kappa shape index (κ1) is 35.4. The minimum Gasteiger partial charge on any atom is -0.494 e. The number of hydrogen-bond acceptors (Lipinski definition) is 6. The van der Waals surface area contributed by atoms with Gasteiger partial charge in [-0.1, -0.05) is 124 Å². The number of halogens is 1. The second-order valence-corrected chi connectivity index (χ2v) is 13.1. The lowest BCUT2D eigenvalue weighted by atomic mass is 9.80. The molecule has 5 aromatic rings. The number of aliphatic imine (C=N–C) groups is 1. The van der Waals surface area contributed by atoms with Crippen LogP contribution in [0.5, 0.6) is 5.75 Å². The van der Waals surface area contributed by atoms with Crippen molar-refractivity contribution >= 4 is 27.7 Å². The maximum atomic E-state index is 15.1. The van der Waals surface area contributed by atoms with Gasteiger partial charge in [-0.3, -0.25) is 4.79 Å². The summed E-state index contributed by atoms with van der Waals surface area (Å²) in [5.41, 5.74) is 12.9. The molecule has 9 nitrogen and oxygen atoms in total. The van der Waals surface area contributed by atoms with Crippen LogP contribution >= 0.6 is 15.9 Å². The lowest BCUT2D eigenvalue weighted by molar-refractivity contribution is -0.129. The molecule has 51 heavy (non-hydrogen) atoms. The van der Waals surface area contributed by atoms with E-state index in [0.29, 0.717) is 36.8 Å². The molecule has 1 aliphatic rings. The summed E-state index contributed by atoms with van der Waals surface area (Å²) in [5, 5.41) is 16.3. The first-order valence-corrected chi connectivity index (χ1v) is 17.6. The van der Waals surface area contributed by atoms with Gasteiger partial charge in [0, 0.05) is 52.4 Å². The van der Waals surface area contributed by atoms with E-state index in [1.54, 1.807) is 0 Å². The van der Waals surface area contributed by atoms with E-state index in [1.807, 2.05) is 109 Å². The molecule has 0 spiro atoms. The van der Waals surface area contributed by atoms with Crippen molar-refractivity contribution in [1.29, 1.82) is 0 Å². The van der Waals surface area contributed by atoms with Gasteiger partial charge in [0.2, 0.25) is 5.90 Å². The number of ether oxygens (including phenoxy) is 2. The number of azide groups is 1. The Labute approximate surface area is 305 Å². The lowest BCUT2D eigenvalue weighted by Crippen LogP contribution is -2.51. The number of nitrogens with zero attached hydrogens (tertiary/aromatic N) is 4. The summed E-state index contributed by atoms with van der Waals surface area (Å²) in [6.07, 6.45) is -0.114. The van der Waals surface area contributed by atoms with Crippen LogP contribution in [0.1, 0.15) is 51.8 Å². The Morgan fingerprint density at radius 1 is 0.902 bits per heavy atom. The fourth-order valence-electron chi connectivity index (χ4n) is 6.38. The van der Waals surface area contributed by atoms with Gasteiger partial charge in [0.1, 0.15) is 5.75 Å². The van der Waals surface area contributed by atoms with Gasteiger partial charge in [-0.15, -0.1) is 0 Å². The first-order chi connectivity index (χ1) is 25.0. The molecule has 0 radical (unpaired) electrons. The molecular formula is C41H38BrN5O4. The zero-order valence-electron chi connectivity index (χ0n) is 27.9. The van der Waals surface area contributed by atoms with Gasteiger partial charge in [0.05, 0.1) is 13.2 Å². The quantitative estimate of drug-likeness (QED) is 0.0482. The van der Waals surface area contributed by atoms with E-state index in [2.05, 4.69) is 55.5 Å². The molecule has 258 valence electrons. The first-order valence-electron chi connectivity index (χ1n) is 16.8. The fraction of sp³-hybridized carbons (Fsp3) is 0.220. The molecule has 2 N–H and O–H groups in total. The Hall–Kier alpha value is -5.41. The number of carbonyl (C=O) groups is 1. The van der Waals surface area contributed by atoms with Gasteiger partial charge in [0.25, 0.3) is 5.91 Å². The maximum absolute atomic E-state index is 15.1. The van der Waals surface area contributed by atoms with E-state index in [4.69, 9.17) is 25.1 Å². The monoisotopic (exact) mass is 743 g/mol. The van der Waals surface area contributed by atoms with E-state index < -0.39 is 11.6 Å². The van der Waals surface area contributed by atoms with Crippen LogP contribution in [0.3, 0.4) is 0 Å². The molecule has 1 amide bonds. The molecule has 0 aromatic heterocycles. The summed E-state index contributed by atoms with van der Waals surface area (Å²) in [4.78, 5) is 23.3. The van der Waals surface area contributed by atoms with Gasteiger partial charge in [-0.25, -0.2) is 4.99 Å². The minimum atomic E-state index is -1.46. The molecule has 0 bridgehead atoms. The number of rotatable bonds is 15. The summed E-state index contributed by atoms with van der Waals surface area (Å²) in [5.74, 6) is 0.564. The highest BCUT2D eigenvalue weighted by molar-refractivity contribution is 9.10. The third kappa shape index (κ3) is 8.32. The van der Waals surface area contributed by atoms with Gasteiger partial charge >= 0.3 is 0 Å². The topological polar surface area (TPSA) is 129 Å². The highest BCUT2D eigenvalue weighted by atomic mass is 79.9. The summed E-state index contributed by atoms with van der Waals surface area (Å²) in [6.45, 7) is 0.890. The average Bonchev–Trinajstić information content (AvgIpc) is 3.56. The van der Waals surface area contributed by atoms with E-state index in [-0.39, 0.29) is 31.4 Å². The number of aliphatic hydroxyl groups excluding tert-OH is 1. The van der Waals surface area contributed by atoms with Crippen molar-refractivity contribution < 1.29 is 19.4 Å². The van der Waals surface area contributed by atoms with Crippen LogP contribution in [0.4, 0.5) is 0 Å². The Morgan fingerprint density at radius 3 is 2.18 bits per heavy atom. The molecule has 0 saturated heterocycles. The molecule has 1 heterocycles. The highest BCUT2D eigenvalue weighted by Gasteiger charge is 2.54. The van der Waals surface area contributed by atoms with Gasteiger partial charge in [-0.2, -0.15) is 0 Å². The Kier molecular flexibility index (Phi) is 11.8. The van der Waals surface area contributed by atoms with Crippen molar-refractivity contribution in [3.63, 3.8) is 0 Å². The Morgan fingerprint density at radius 2 is 1.53 bits per heavy atom. The van der Waals surface area contributed by atoms with Crippen LogP contribution in [0.15, 0.2) is 148 Å². The summed E-state index contributed by atoms with van der Waals surface area (Å²) in [7, 11) is 0. The number of amides is 1. The molecule has 2 atom stereocenters. The minimum absolute atomic E-state index is 0.0484. The maximum Gasteiger partial charge on any atom is 0.252 e. The zero-order chi connectivity index (χ0) is 35.5. The fourth-order valence-corrected chi connectivity index (χ4v) is 6.87. The molecule has 0 unspecified atom stereocenters. The van der Waals surface area contributed by atoms with E-state index in [9.17, 15) is 0 Å². The molecule has 0 fully saturated rings. The van der Waals surface area contributed by atoms with E-state index in [0.717, 1.165) is 32.3 Å². The Bertz CT molecular complexity index is 1960. The largest absolute Gasteiger partial charge is 0.494 e. The summed E-state index contributed by atoms with van der Waals surface area (Å²) in [6, 6.07) is 43.0. The van der Waals surface area contributed by atoms with Crippen LogP contribution in [0.25, 0.3) is 10.4 Å². The van der Waals surface area contributed by atoms with Crippen molar-refractivity contribution in [2.75, 3.05) is 19.8 Å². The molecular weight excluding hydrogens is 706 g/mol. The van der Waals surface area contributed by atoms with Gasteiger partial charge < -0.3 is 19.9 Å². The normalized spacial score (nSPS) is 16.5. The summed E-state index contributed by atoms with van der Waals surface area (Å²) < 4.78 is 13.3. The third-order valence-corrected chi connectivity index (χ3v) is 9.69. The van der Waals surface area contributed by atoms with E-state index in [1.165, 1.54) is 0 Å². The molecule has 6 rings (SSSR count). The van der Waals surface area contributed by atoms with Crippen LogP contribution in [0, 0.1) is 0 Å². The SMILES string of the molecule is [N-]=[N+]=NCc1ccccc1C[C@@]1(C(=O)NCC(c2ccccc2)c2ccccc2)N=C(c2ccc(OCCCO)cc2)O[C@@H]1c1ccccc1Br. The van der Waals surface area contributed by atoms with E-state index >= 15 is 4.79 Å². The predicted molar refractivity (Wildman–Crippen MR) is 202 cm³/mol. The molecule has 5 aromatic carbocycles. The zero-order valence-corrected chi connectivity index (χ0v) is 29.5. The Balaban J connectivity index is 1.45. The van der Waals surface area contributed by atoms with Crippen molar-refractivity contribution in [3.8, 4) is 5.75 Å². The van der Waals surface area contributed by atoms with Crippen molar-refractivity contribution in [1.82, 2.24) is 5.32 Å². The van der Waals surface area contributed by atoms with Gasteiger partial charge in [-0.05, 0) is 58.1 Å².